The van der Waals surface area contributed by atoms with E-state index in [4.69, 9.17) is 5.84 Å². The molecule has 0 radical (unpaired) electrons. The standard InChI is InChI=1S/C13H12N4O5S/c14-15-13(18)9-4-6-10(7-5-9)16-23(21,22)12-3-1-2-11(8-12)17(19)20/h1-8,16H,14H2,(H,15,18). The largest absolute Gasteiger partial charge is 0.290 e. The fourth-order valence-electron chi connectivity index (χ4n) is 1.75. The molecule has 0 fully saturated rings. The molecule has 1 amide bonds. The number of nitrogens with one attached hydrogen (secondary N) is 2. The molecule has 0 unspecified atom stereocenters. The molecule has 0 aliphatic carbocycles. The number of anilines is 1. The summed E-state index contributed by atoms with van der Waals surface area (Å²) in [5, 5.41) is 10.7. The number of nitrogen functional groups attached to an aromatic ring is 1. The Morgan fingerprint density at radius 1 is 1.13 bits per heavy atom. The van der Waals surface area contributed by atoms with Gasteiger partial charge in [-0.2, -0.15) is 0 Å². The van der Waals surface area contributed by atoms with Crippen molar-refractivity contribution in [2.45, 2.75) is 4.90 Å². The number of nitro benzene ring substituents is 1. The van der Waals surface area contributed by atoms with Crippen LogP contribution in [0.25, 0.3) is 0 Å². The number of nitro groups is 1. The quantitative estimate of drug-likeness (QED) is 0.321. The van der Waals surface area contributed by atoms with Crippen molar-refractivity contribution in [3.8, 4) is 0 Å². The summed E-state index contributed by atoms with van der Waals surface area (Å²) in [4.78, 5) is 21.1. The van der Waals surface area contributed by atoms with Gasteiger partial charge in [0.15, 0.2) is 0 Å². The molecule has 120 valence electrons. The Labute approximate surface area is 131 Å². The lowest BCUT2D eigenvalue weighted by molar-refractivity contribution is -0.385. The first-order valence-electron chi connectivity index (χ1n) is 6.22. The monoisotopic (exact) mass is 336 g/mol. The SMILES string of the molecule is NNC(=O)c1ccc(NS(=O)(=O)c2cccc([N+](=O)[O-])c2)cc1. The summed E-state index contributed by atoms with van der Waals surface area (Å²) in [6.45, 7) is 0. The molecule has 0 saturated carbocycles. The highest BCUT2D eigenvalue weighted by atomic mass is 32.2. The predicted molar refractivity (Wildman–Crippen MR) is 82.0 cm³/mol. The minimum atomic E-state index is -3.99. The molecule has 0 atom stereocenters. The van der Waals surface area contributed by atoms with E-state index in [0.29, 0.717) is 0 Å². The first-order chi connectivity index (χ1) is 10.8. The molecule has 2 rings (SSSR count). The highest BCUT2D eigenvalue weighted by molar-refractivity contribution is 7.92. The molecule has 2 aromatic carbocycles. The molecular formula is C13H12N4O5S. The zero-order valence-corrected chi connectivity index (χ0v) is 12.4. The third-order valence-electron chi connectivity index (χ3n) is 2.87. The van der Waals surface area contributed by atoms with Crippen molar-refractivity contribution < 1.29 is 18.1 Å². The third kappa shape index (κ3) is 3.81. The maximum Gasteiger partial charge on any atom is 0.270 e. The highest BCUT2D eigenvalue weighted by Crippen LogP contribution is 2.20. The van der Waals surface area contributed by atoms with E-state index in [1.54, 1.807) is 0 Å². The molecule has 2 aromatic rings. The predicted octanol–water partition coefficient (Wildman–Crippen LogP) is 0.999. The van der Waals surface area contributed by atoms with Crippen LogP contribution in [-0.4, -0.2) is 19.2 Å². The second-order valence-corrected chi connectivity index (χ2v) is 6.09. The topological polar surface area (TPSA) is 144 Å². The van der Waals surface area contributed by atoms with Gasteiger partial charge in [0.25, 0.3) is 21.6 Å². The summed E-state index contributed by atoms with van der Waals surface area (Å²) in [5.74, 6) is 4.48. The van der Waals surface area contributed by atoms with Crippen LogP contribution in [-0.2, 0) is 10.0 Å². The lowest BCUT2D eigenvalue weighted by Gasteiger charge is -2.08. The first-order valence-corrected chi connectivity index (χ1v) is 7.70. The molecule has 0 heterocycles. The number of benzene rings is 2. The van der Waals surface area contributed by atoms with E-state index in [9.17, 15) is 23.3 Å². The Bertz CT molecular complexity index is 849. The van der Waals surface area contributed by atoms with Crippen molar-refractivity contribution in [2.24, 2.45) is 5.84 Å². The number of carbonyl (C=O) groups excluding carboxylic acids is 1. The number of non-ortho nitro benzene ring substituents is 1. The Hall–Kier alpha value is -2.98. The molecule has 0 aliphatic heterocycles. The summed E-state index contributed by atoms with van der Waals surface area (Å²) < 4.78 is 26.7. The molecule has 10 heteroatoms. The number of hydrogen-bond acceptors (Lipinski definition) is 6. The fraction of sp³-hybridized carbons (Fsp3) is 0. The number of sulfonamides is 1. The third-order valence-corrected chi connectivity index (χ3v) is 4.25. The van der Waals surface area contributed by atoms with E-state index in [-0.39, 0.29) is 21.8 Å². The second-order valence-electron chi connectivity index (χ2n) is 4.41. The lowest BCUT2D eigenvalue weighted by Crippen LogP contribution is -2.29. The molecule has 9 nitrogen and oxygen atoms in total. The minimum absolute atomic E-state index is 0.199. The molecule has 23 heavy (non-hydrogen) atoms. The lowest BCUT2D eigenvalue weighted by atomic mass is 10.2. The smallest absolute Gasteiger partial charge is 0.270 e. The van der Waals surface area contributed by atoms with Crippen LogP contribution in [0.4, 0.5) is 11.4 Å². The minimum Gasteiger partial charge on any atom is -0.290 e. The van der Waals surface area contributed by atoms with Crippen LogP contribution in [0.1, 0.15) is 10.4 Å². The normalized spacial score (nSPS) is 10.8. The Morgan fingerprint density at radius 2 is 1.78 bits per heavy atom. The van der Waals surface area contributed by atoms with E-state index in [2.05, 4.69) is 4.72 Å². The van der Waals surface area contributed by atoms with Crippen LogP contribution in [0, 0.1) is 10.1 Å². The van der Waals surface area contributed by atoms with Gasteiger partial charge in [0.05, 0.1) is 9.82 Å². The van der Waals surface area contributed by atoms with Crippen LogP contribution in [0.2, 0.25) is 0 Å². The second kappa shape index (κ2) is 6.42. The number of hydrogen-bond donors (Lipinski definition) is 3. The average molecular weight is 336 g/mol. The molecule has 4 N–H and O–H groups in total. The average Bonchev–Trinajstić information content (AvgIpc) is 2.54. The number of hydrazine groups is 1. The van der Waals surface area contributed by atoms with Crippen molar-refractivity contribution in [3.63, 3.8) is 0 Å². The Morgan fingerprint density at radius 3 is 2.35 bits per heavy atom. The number of nitrogens with two attached hydrogens (primary N) is 1. The van der Waals surface area contributed by atoms with E-state index in [0.717, 1.165) is 6.07 Å². The fourth-order valence-corrected chi connectivity index (χ4v) is 2.85. The Balaban J connectivity index is 2.26. The summed E-state index contributed by atoms with van der Waals surface area (Å²) >= 11 is 0. The highest BCUT2D eigenvalue weighted by Gasteiger charge is 2.17. The van der Waals surface area contributed by atoms with Crippen LogP contribution in [0.15, 0.2) is 53.4 Å². The number of carbonyl (C=O) groups is 1. The van der Waals surface area contributed by atoms with Crippen molar-refractivity contribution in [3.05, 3.63) is 64.2 Å². The van der Waals surface area contributed by atoms with Gasteiger partial charge in [-0.3, -0.25) is 25.1 Å². The number of nitrogens with zero attached hydrogens (tertiary/aromatic N) is 1. The van der Waals surface area contributed by atoms with Crippen molar-refractivity contribution in [1.82, 2.24) is 5.43 Å². The van der Waals surface area contributed by atoms with Gasteiger partial charge in [-0.25, -0.2) is 14.3 Å². The van der Waals surface area contributed by atoms with Crippen LogP contribution < -0.4 is 16.0 Å². The van der Waals surface area contributed by atoms with E-state index >= 15 is 0 Å². The molecule has 0 spiro atoms. The van der Waals surface area contributed by atoms with E-state index in [1.165, 1.54) is 42.5 Å². The maximum absolute atomic E-state index is 12.2. The van der Waals surface area contributed by atoms with Gasteiger partial charge >= 0.3 is 0 Å². The van der Waals surface area contributed by atoms with Crippen molar-refractivity contribution in [1.29, 1.82) is 0 Å². The molecule has 0 aliphatic rings. The first kappa shape index (κ1) is 16.4. The summed E-state index contributed by atoms with van der Waals surface area (Å²) in [6, 6.07) is 10.2. The maximum atomic E-state index is 12.2. The van der Waals surface area contributed by atoms with Crippen molar-refractivity contribution in [2.75, 3.05) is 4.72 Å². The zero-order chi connectivity index (χ0) is 17.0. The van der Waals surface area contributed by atoms with Gasteiger partial charge in [-0.1, -0.05) is 6.07 Å². The van der Waals surface area contributed by atoms with Gasteiger partial charge in [-0.15, -0.1) is 0 Å². The molecule has 0 bridgehead atoms. The van der Waals surface area contributed by atoms with Gasteiger partial charge in [-0.05, 0) is 30.3 Å². The molecular weight excluding hydrogens is 324 g/mol. The van der Waals surface area contributed by atoms with E-state index in [1.807, 2.05) is 5.43 Å². The van der Waals surface area contributed by atoms with Gasteiger partial charge in [0, 0.05) is 23.4 Å². The number of rotatable bonds is 5. The van der Waals surface area contributed by atoms with Gasteiger partial charge < -0.3 is 0 Å². The zero-order valence-electron chi connectivity index (χ0n) is 11.6. The van der Waals surface area contributed by atoms with Crippen LogP contribution >= 0.6 is 0 Å². The van der Waals surface area contributed by atoms with Crippen LogP contribution in [0.3, 0.4) is 0 Å². The molecule has 0 aromatic heterocycles. The van der Waals surface area contributed by atoms with Gasteiger partial charge in [0.1, 0.15) is 0 Å². The van der Waals surface area contributed by atoms with Crippen LogP contribution in [0.5, 0.6) is 0 Å². The van der Waals surface area contributed by atoms with E-state index < -0.39 is 20.9 Å². The summed E-state index contributed by atoms with van der Waals surface area (Å²) in [7, 11) is -3.99. The Kier molecular flexibility index (Phi) is 4.57. The summed E-state index contributed by atoms with van der Waals surface area (Å²) in [6.07, 6.45) is 0. The van der Waals surface area contributed by atoms with Crippen molar-refractivity contribution >= 4 is 27.3 Å². The molecule has 0 saturated heterocycles. The number of amides is 1. The van der Waals surface area contributed by atoms with Gasteiger partial charge in [0.2, 0.25) is 0 Å². The summed E-state index contributed by atoms with van der Waals surface area (Å²) in [5.41, 5.74) is 2.07.